The Morgan fingerprint density at radius 2 is 2.20 bits per heavy atom. The molecule has 86 valence electrons. The van der Waals surface area contributed by atoms with Gasteiger partial charge in [0, 0.05) is 6.54 Å². The normalized spacial score (nSPS) is 23.6. The van der Waals surface area contributed by atoms with Crippen molar-refractivity contribution in [3.05, 3.63) is 0 Å². The highest BCUT2D eigenvalue weighted by atomic mass is 32.2. The van der Waals surface area contributed by atoms with Crippen molar-refractivity contribution < 1.29 is 8.42 Å². The van der Waals surface area contributed by atoms with Gasteiger partial charge in [-0.15, -0.1) is 0 Å². The molecule has 0 unspecified atom stereocenters. The second kappa shape index (κ2) is 5.47. The second-order valence-electron chi connectivity index (χ2n) is 3.92. The van der Waals surface area contributed by atoms with Crippen molar-refractivity contribution in [1.82, 2.24) is 4.31 Å². The smallest absolute Gasteiger partial charge is 0.212 e. The number of piperidine rings is 1. The summed E-state index contributed by atoms with van der Waals surface area (Å²) in [6.45, 7) is 2.48. The minimum absolute atomic E-state index is 0.182. The van der Waals surface area contributed by atoms with Crippen LogP contribution >= 0.6 is 0 Å². The van der Waals surface area contributed by atoms with Crippen LogP contribution in [0.4, 0.5) is 0 Å². The van der Waals surface area contributed by atoms with Gasteiger partial charge < -0.3 is 0 Å². The van der Waals surface area contributed by atoms with E-state index in [1.807, 2.05) is 6.92 Å². The van der Waals surface area contributed by atoms with Crippen molar-refractivity contribution in [3.8, 4) is 6.07 Å². The lowest BCUT2D eigenvalue weighted by atomic mass is 10.1. The molecule has 1 atom stereocenters. The van der Waals surface area contributed by atoms with Gasteiger partial charge in [-0.25, -0.2) is 8.42 Å². The molecular weight excluding hydrogens is 212 g/mol. The Morgan fingerprint density at radius 1 is 1.47 bits per heavy atom. The van der Waals surface area contributed by atoms with E-state index in [1.165, 1.54) is 4.31 Å². The van der Waals surface area contributed by atoms with E-state index in [4.69, 9.17) is 5.26 Å². The molecule has 1 fully saturated rings. The maximum absolute atomic E-state index is 11.9. The van der Waals surface area contributed by atoms with E-state index in [0.717, 1.165) is 19.3 Å². The van der Waals surface area contributed by atoms with E-state index in [1.54, 1.807) is 0 Å². The van der Waals surface area contributed by atoms with E-state index in [0.29, 0.717) is 19.4 Å². The van der Waals surface area contributed by atoms with Crippen molar-refractivity contribution in [2.45, 2.75) is 45.1 Å². The van der Waals surface area contributed by atoms with E-state index < -0.39 is 16.1 Å². The summed E-state index contributed by atoms with van der Waals surface area (Å²) in [6, 6.07) is 1.65. The van der Waals surface area contributed by atoms with E-state index in [9.17, 15) is 8.42 Å². The highest BCUT2D eigenvalue weighted by Gasteiger charge is 2.31. The van der Waals surface area contributed by atoms with Crippen molar-refractivity contribution in [3.63, 3.8) is 0 Å². The summed E-state index contributed by atoms with van der Waals surface area (Å²) < 4.78 is 25.2. The third kappa shape index (κ3) is 3.18. The Kier molecular flexibility index (Phi) is 4.55. The van der Waals surface area contributed by atoms with Crippen LogP contribution in [0.25, 0.3) is 0 Å². The van der Waals surface area contributed by atoms with Crippen molar-refractivity contribution in [2.24, 2.45) is 0 Å². The zero-order valence-corrected chi connectivity index (χ0v) is 9.96. The lowest BCUT2D eigenvalue weighted by Crippen LogP contribution is -2.43. The monoisotopic (exact) mass is 230 g/mol. The molecule has 0 saturated carbocycles. The molecule has 0 amide bonds. The molecule has 1 saturated heterocycles. The number of hydrogen-bond acceptors (Lipinski definition) is 3. The summed E-state index contributed by atoms with van der Waals surface area (Å²) in [5.41, 5.74) is 0. The highest BCUT2D eigenvalue weighted by molar-refractivity contribution is 7.89. The van der Waals surface area contributed by atoms with Crippen molar-refractivity contribution >= 4 is 10.0 Å². The highest BCUT2D eigenvalue weighted by Crippen LogP contribution is 2.20. The number of rotatable bonds is 4. The maximum atomic E-state index is 11.9. The average molecular weight is 230 g/mol. The Bertz CT molecular complexity index is 332. The van der Waals surface area contributed by atoms with Crippen LogP contribution in [0.2, 0.25) is 0 Å². The third-order valence-electron chi connectivity index (χ3n) is 2.72. The average Bonchev–Trinajstić information content (AvgIpc) is 2.26. The summed E-state index contributed by atoms with van der Waals surface area (Å²) in [4.78, 5) is 0. The Balaban J connectivity index is 2.71. The molecule has 1 aliphatic heterocycles. The van der Waals surface area contributed by atoms with E-state index >= 15 is 0 Å². The Labute approximate surface area is 91.9 Å². The zero-order chi connectivity index (χ0) is 11.3. The van der Waals surface area contributed by atoms with Gasteiger partial charge in [-0.05, 0) is 25.7 Å². The minimum atomic E-state index is -3.20. The van der Waals surface area contributed by atoms with Gasteiger partial charge >= 0.3 is 0 Å². The van der Waals surface area contributed by atoms with Crippen LogP contribution in [-0.2, 0) is 10.0 Å². The van der Waals surface area contributed by atoms with Gasteiger partial charge in [-0.1, -0.05) is 13.3 Å². The summed E-state index contributed by atoms with van der Waals surface area (Å²) in [7, 11) is -3.20. The van der Waals surface area contributed by atoms with Crippen LogP contribution in [0.5, 0.6) is 0 Å². The fourth-order valence-electron chi connectivity index (χ4n) is 1.81. The number of nitrogens with zero attached hydrogens (tertiary/aromatic N) is 2. The zero-order valence-electron chi connectivity index (χ0n) is 9.15. The number of sulfonamides is 1. The summed E-state index contributed by atoms with van der Waals surface area (Å²) >= 11 is 0. The van der Waals surface area contributed by atoms with Gasteiger partial charge in [-0.3, -0.25) is 0 Å². The first-order chi connectivity index (χ1) is 7.11. The molecule has 0 aromatic heterocycles. The topological polar surface area (TPSA) is 61.2 Å². The maximum Gasteiger partial charge on any atom is 0.215 e. The Morgan fingerprint density at radius 3 is 2.80 bits per heavy atom. The largest absolute Gasteiger partial charge is 0.215 e. The second-order valence-corrected chi connectivity index (χ2v) is 5.96. The summed E-state index contributed by atoms with van der Waals surface area (Å²) in [6.07, 6.45) is 4.06. The van der Waals surface area contributed by atoms with Crippen LogP contribution in [0.3, 0.4) is 0 Å². The first-order valence-electron chi connectivity index (χ1n) is 5.51. The quantitative estimate of drug-likeness (QED) is 0.735. The molecule has 0 radical (unpaired) electrons. The lowest BCUT2D eigenvalue weighted by Gasteiger charge is -2.30. The van der Waals surface area contributed by atoms with Gasteiger partial charge in [0.1, 0.15) is 6.04 Å². The number of nitriles is 1. The van der Waals surface area contributed by atoms with Crippen LogP contribution in [0.15, 0.2) is 0 Å². The first kappa shape index (κ1) is 12.5. The minimum Gasteiger partial charge on any atom is -0.212 e. The molecule has 5 heteroatoms. The molecule has 0 N–H and O–H groups in total. The molecule has 1 rings (SSSR count). The van der Waals surface area contributed by atoms with Crippen LogP contribution in [-0.4, -0.2) is 31.1 Å². The SMILES string of the molecule is CCCCS(=O)(=O)N1CCCC[C@H]1C#N. The van der Waals surface area contributed by atoms with Crippen molar-refractivity contribution in [1.29, 1.82) is 5.26 Å². The molecule has 0 bridgehead atoms. The summed E-state index contributed by atoms with van der Waals surface area (Å²) in [5.74, 6) is 0.182. The fraction of sp³-hybridized carbons (Fsp3) is 0.900. The lowest BCUT2D eigenvalue weighted by molar-refractivity contribution is 0.297. The van der Waals surface area contributed by atoms with Crippen LogP contribution < -0.4 is 0 Å². The molecule has 0 spiro atoms. The first-order valence-corrected chi connectivity index (χ1v) is 7.12. The van der Waals surface area contributed by atoms with Gasteiger partial charge in [-0.2, -0.15) is 9.57 Å². The predicted molar refractivity (Wildman–Crippen MR) is 58.7 cm³/mol. The standard InChI is InChI=1S/C10H18N2O2S/c1-2-3-8-15(13,14)12-7-5-4-6-10(12)9-11/h10H,2-8H2,1H3/t10-/m0/s1. The predicted octanol–water partition coefficient (Wildman–Crippen LogP) is 1.49. The van der Waals surface area contributed by atoms with Gasteiger partial charge in [0.2, 0.25) is 10.0 Å². The molecule has 4 nitrogen and oxygen atoms in total. The van der Waals surface area contributed by atoms with Crippen LogP contribution in [0, 0.1) is 11.3 Å². The molecule has 15 heavy (non-hydrogen) atoms. The summed E-state index contributed by atoms with van der Waals surface area (Å²) in [5, 5.41) is 8.89. The van der Waals surface area contributed by atoms with Crippen LogP contribution in [0.1, 0.15) is 39.0 Å². The molecule has 1 aliphatic rings. The van der Waals surface area contributed by atoms with Gasteiger partial charge in [0.25, 0.3) is 0 Å². The fourth-order valence-corrected chi connectivity index (χ4v) is 3.65. The molecular formula is C10H18N2O2S. The molecule has 0 aliphatic carbocycles. The van der Waals surface area contributed by atoms with E-state index in [-0.39, 0.29) is 5.75 Å². The van der Waals surface area contributed by atoms with Gasteiger partial charge in [0.05, 0.1) is 11.8 Å². The molecule has 1 heterocycles. The third-order valence-corrected chi connectivity index (χ3v) is 4.67. The number of unbranched alkanes of at least 4 members (excludes halogenated alkanes) is 1. The number of hydrogen-bond donors (Lipinski definition) is 0. The molecule has 0 aromatic carbocycles. The van der Waals surface area contributed by atoms with E-state index in [2.05, 4.69) is 6.07 Å². The molecule has 0 aromatic rings. The Hall–Kier alpha value is -0.600. The van der Waals surface area contributed by atoms with Gasteiger partial charge in [0.15, 0.2) is 0 Å². The van der Waals surface area contributed by atoms with Crippen molar-refractivity contribution in [2.75, 3.05) is 12.3 Å².